The lowest BCUT2D eigenvalue weighted by Crippen LogP contribution is -2.48. The first-order chi connectivity index (χ1) is 9.87. The Morgan fingerprint density at radius 3 is 2.67 bits per heavy atom. The number of amides is 1. The fourth-order valence-electron chi connectivity index (χ4n) is 4.20. The molecule has 2 aliphatic heterocycles. The number of hydrogen-bond acceptors (Lipinski definition) is 3. The molecule has 116 valence electrons. The summed E-state index contributed by atoms with van der Waals surface area (Å²) in [6, 6.07) is 0.290. The van der Waals surface area contributed by atoms with Crippen molar-refractivity contribution < 1.29 is 14.3 Å². The van der Waals surface area contributed by atoms with Gasteiger partial charge in [0.25, 0.3) is 0 Å². The summed E-state index contributed by atoms with van der Waals surface area (Å²) in [5.41, 5.74) is -0.487. The molecule has 0 radical (unpaired) electrons. The van der Waals surface area contributed by atoms with Crippen LogP contribution in [0.5, 0.6) is 0 Å². The van der Waals surface area contributed by atoms with E-state index in [0.717, 1.165) is 32.1 Å². The van der Waals surface area contributed by atoms with Crippen molar-refractivity contribution in [3.63, 3.8) is 0 Å². The Balaban J connectivity index is 1.86. The number of ketones is 1. The summed E-state index contributed by atoms with van der Waals surface area (Å²) < 4.78 is 5.59. The third-order valence-corrected chi connectivity index (χ3v) is 4.99. The van der Waals surface area contributed by atoms with Gasteiger partial charge in [0.1, 0.15) is 5.60 Å². The van der Waals surface area contributed by atoms with Gasteiger partial charge in [-0.1, -0.05) is 6.08 Å². The maximum Gasteiger partial charge on any atom is 0.410 e. The molecule has 0 aromatic carbocycles. The van der Waals surface area contributed by atoms with Gasteiger partial charge in [0.2, 0.25) is 0 Å². The van der Waals surface area contributed by atoms with Crippen LogP contribution in [0.25, 0.3) is 0 Å². The predicted molar refractivity (Wildman–Crippen MR) is 79.9 cm³/mol. The van der Waals surface area contributed by atoms with Crippen LogP contribution in [0.3, 0.4) is 0 Å². The predicted octanol–water partition coefficient (Wildman–Crippen LogP) is 3.31. The molecule has 1 amide bonds. The molecule has 4 atom stereocenters. The molecule has 4 nitrogen and oxygen atoms in total. The number of rotatable bonds is 0. The lowest BCUT2D eigenvalue weighted by Gasteiger charge is -2.35. The van der Waals surface area contributed by atoms with E-state index in [0.29, 0.717) is 5.92 Å². The van der Waals surface area contributed by atoms with Crippen LogP contribution in [0.1, 0.15) is 52.9 Å². The van der Waals surface area contributed by atoms with Gasteiger partial charge < -0.3 is 9.64 Å². The Bertz CT molecular complexity index is 477. The molecule has 21 heavy (non-hydrogen) atoms. The lowest BCUT2D eigenvalue weighted by atomic mass is 9.74. The van der Waals surface area contributed by atoms with Crippen molar-refractivity contribution >= 4 is 11.9 Å². The van der Waals surface area contributed by atoms with Crippen LogP contribution in [0, 0.1) is 11.8 Å². The van der Waals surface area contributed by atoms with Crippen LogP contribution in [-0.4, -0.2) is 34.5 Å². The molecular weight excluding hydrogens is 266 g/mol. The molecule has 2 bridgehead atoms. The largest absolute Gasteiger partial charge is 0.444 e. The van der Waals surface area contributed by atoms with Gasteiger partial charge in [-0.15, -0.1) is 0 Å². The van der Waals surface area contributed by atoms with Crippen LogP contribution in [0.2, 0.25) is 0 Å². The van der Waals surface area contributed by atoms with Crippen LogP contribution < -0.4 is 0 Å². The number of fused-ring (bicyclic) bond motifs is 4. The van der Waals surface area contributed by atoms with Gasteiger partial charge in [-0.2, -0.15) is 0 Å². The molecule has 2 fully saturated rings. The van der Waals surface area contributed by atoms with Gasteiger partial charge in [0.05, 0.1) is 0 Å². The zero-order chi connectivity index (χ0) is 15.2. The number of carbonyl (C=O) groups excluding carboxylic acids is 2. The molecular formula is C17H25NO3. The van der Waals surface area contributed by atoms with Crippen LogP contribution in [-0.2, 0) is 9.53 Å². The normalized spacial score (nSPS) is 35.4. The fraction of sp³-hybridized carbons (Fsp3) is 0.765. The maximum absolute atomic E-state index is 12.6. The molecule has 1 unspecified atom stereocenters. The van der Waals surface area contributed by atoms with Gasteiger partial charge in [-0.05, 0) is 64.9 Å². The molecule has 3 aliphatic rings. The van der Waals surface area contributed by atoms with Crippen LogP contribution >= 0.6 is 0 Å². The van der Waals surface area contributed by atoms with E-state index in [1.807, 2.05) is 31.7 Å². The van der Waals surface area contributed by atoms with E-state index in [-0.39, 0.29) is 29.9 Å². The molecule has 2 heterocycles. The van der Waals surface area contributed by atoms with Crippen molar-refractivity contribution in [2.75, 3.05) is 0 Å². The Labute approximate surface area is 126 Å². The number of allylic oxidation sites excluding steroid dienone is 2. The van der Waals surface area contributed by atoms with Crippen molar-refractivity contribution in [3.8, 4) is 0 Å². The Morgan fingerprint density at radius 2 is 1.95 bits per heavy atom. The Hall–Kier alpha value is -1.32. The van der Waals surface area contributed by atoms with Gasteiger partial charge >= 0.3 is 6.09 Å². The highest BCUT2D eigenvalue weighted by Gasteiger charge is 2.49. The third-order valence-electron chi connectivity index (χ3n) is 4.99. The zero-order valence-electron chi connectivity index (χ0n) is 13.2. The van der Waals surface area contributed by atoms with E-state index in [4.69, 9.17) is 4.74 Å². The van der Waals surface area contributed by atoms with Crippen molar-refractivity contribution in [3.05, 3.63) is 12.2 Å². The SMILES string of the molecule is CC(C)(C)OC(=O)N1[C@@H]2CC[C@@H]3CC=CC(=O)C3[C@H]1CC2. The minimum Gasteiger partial charge on any atom is -0.444 e. The number of hydrogen-bond donors (Lipinski definition) is 0. The summed E-state index contributed by atoms with van der Waals surface area (Å²) in [6.07, 6.45) is 8.43. The van der Waals surface area contributed by atoms with E-state index in [9.17, 15) is 9.59 Å². The highest BCUT2D eigenvalue weighted by Crippen LogP contribution is 2.44. The second kappa shape index (κ2) is 5.15. The van der Waals surface area contributed by atoms with Crippen molar-refractivity contribution in [2.45, 2.75) is 70.6 Å². The first-order valence-electron chi connectivity index (χ1n) is 8.08. The molecule has 2 saturated heterocycles. The second-order valence-electron chi connectivity index (χ2n) is 7.59. The maximum atomic E-state index is 12.6. The first kappa shape index (κ1) is 14.6. The quantitative estimate of drug-likeness (QED) is 0.688. The van der Waals surface area contributed by atoms with Gasteiger partial charge in [-0.3, -0.25) is 4.79 Å². The molecule has 4 heteroatoms. The Morgan fingerprint density at radius 1 is 1.24 bits per heavy atom. The zero-order valence-corrected chi connectivity index (χ0v) is 13.2. The summed E-state index contributed by atoms with van der Waals surface area (Å²) in [4.78, 5) is 26.8. The lowest BCUT2D eigenvalue weighted by molar-refractivity contribution is -0.122. The minimum atomic E-state index is -0.487. The molecule has 0 N–H and O–H groups in total. The number of carbonyl (C=O) groups is 2. The van der Waals surface area contributed by atoms with Gasteiger partial charge in [0.15, 0.2) is 5.78 Å². The molecule has 3 rings (SSSR count). The smallest absolute Gasteiger partial charge is 0.410 e. The summed E-state index contributed by atoms with van der Waals surface area (Å²) in [7, 11) is 0. The average molecular weight is 291 g/mol. The Kier molecular flexibility index (Phi) is 3.58. The molecule has 1 aliphatic carbocycles. The van der Waals surface area contributed by atoms with Crippen molar-refractivity contribution in [1.29, 1.82) is 0 Å². The monoisotopic (exact) mass is 291 g/mol. The molecule has 0 aromatic rings. The third kappa shape index (κ3) is 2.72. The molecule has 0 spiro atoms. The van der Waals surface area contributed by atoms with E-state index in [1.54, 1.807) is 6.08 Å². The van der Waals surface area contributed by atoms with Crippen LogP contribution in [0.4, 0.5) is 4.79 Å². The average Bonchev–Trinajstić information content (AvgIpc) is 2.68. The van der Waals surface area contributed by atoms with Crippen LogP contribution in [0.15, 0.2) is 12.2 Å². The highest BCUT2D eigenvalue weighted by atomic mass is 16.6. The first-order valence-corrected chi connectivity index (χ1v) is 8.08. The summed E-state index contributed by atoms with van der Waals surface area (Å²) in [5.74, 6) is 0.588. The second-order valence-corrected chi connectivity index (χ2v) is 7.59. The summed E-state index contributed by atoms with van der Waals surface area (Å²) in [6.45, 7) is 5.67. The topological polar surface area (TPSA) is 46.6 Å². The van der Waals surface area contributed by atoms with E-state index in [1.165, 1.54) is 0 Å². The van der Waals surface area contributed by atoms with E-state index >= 15 is 0 Å². The van der Waals surface area contributed by atoms with E-state index in [2.05, 4.69) is 0 Å². The molecule has 0 saturated carbocycles. The van der Waals surface area contributed by atoms with Crippen molar-refractivity contribution in [1.82, 2.24) is 4.90 Å². The van der Waals surface area contributed by atoms with Gasteiger partial charge in [-0.25, -0.2) is 4.79 Å². The molecule has 0 aromatic heterocycles. The summed E-state index contributed by atoms with van der Waals surface area (Å²) in [5, 5.41) is 0. The number of nitrogens with zero attached hydrogens (tertiary/aromatic N) is 1. The van der Waals surface area contributed by atoms with Gasteiger partial charge in [0, 0.05) is 18.0 Å². The highest BCUT2D eigenvalue weighted by molar-refractivity contribution is 5.93. The summed E-state index contributed by atoms with van der Waals surface area (Å²) >= 11 is 0. The standard InChI is InChI=1S/C17H25NO3/c1-17(2,3)21-16(20)18-12-8-7-11-5-4-6-14(19)15(11)13(18)10-9-12/h4,6,11-13,15H,5,7-10H2,1-3H3/t11-,12+,13+,15?/m0/s1. The van der Waals surface area contributed by atoms with Crippen molar-refractivity contribution in [2.24, 2.45) is 11.8 Å². The van der Waals surface area contributed by atoms with E-state index < -0.39 is 5.60 Å². The number of ether oxygens (including phenoxy) is 1. The fourth-order valence-corrected chi connectivity index (χ4v) is 4.20. The minimum absolute atomic E-state index is 0.0185.